The van der Waals surface area contributed by atoms with E-state index in [2.05, 4.69) is 10.4 Å². The van der Waals surface area contributed by atoms with E-state index in [1.807, 2.05) is 0 Å². The highest BCUT2D eigenvalue weighted by atomic mass is 19.1. The third-order valence-corrected chi connectivity index (χ3v) is 2.67. The molecule has 0 radical (unpaired) electrons. The molecule has 16 heavy (non-hydrogen) atoms. The first kappa shape index (κ1) is 10.6. The minimum atomic E-state index is -1.22. The van der Waals surface area contributed by atoms with Crippen LogP contribution in [0.5, 0.6) is 0 Å². The second-order valence-corrected chi connectivity index (χ2v) is 3.68. The van der Waals surface area contributed by atoms with Gasteiger partial charge in [0.05, 0.1) is 5.69 Å². The van der Waals surface area contributed by atoms with E-state index in [0.29, 0.717) is 0 Å². The molecule has 2 heterocycles. The number of aliphatic carboxylic acids is 1. The minimum Gasteiger partial charge on any atom is -0.481 e. The lowest BCUT2D eigenvalue weighted by molar-refractivity contribution is -0.145. The second-order valence-electron chi connectivity index (χ2n) is 3.68. The van der Waals surface area contributed by atoms with Crippen LogP contribution in [0.2, 0.25) is 0 Å². The number of nitrogens with zero attached hydrogens (tertiary/aromatic N) is 2. The molecule has 0 aromatic carbocycles. The standard InChI is InChI=1S/C9H10FN3O3/c1-13-6(10)2-5(12-13)4-3-11-8(14)7(4)9(15)16/h2,4,7H,3H2,1H3,(H,11,14)(H,15,16)/t4-,7-/m1/s1. The monoisotopic (exact) mass is 227 g/mol. The van der Waals surface area contributed by atoms with Gasteiger partial charge in [-0.1, -0.05) is 0 Å². The van der Waals surface area contributed by atoms with Crippen molar-refractivity contribution in [2.75, 3.05) is 6.54 Å². The molecule has 1 aliphatic heterocycles. The van der Waals surface area contributed by atoms with Gasteiger partial charge in [0.15, 0.2) is 0 Å². The van der Waals surface area contributed by atoms with E-state index in [1.54, 1.807) is 0 Å². The molecular formula is C9H10FN3O3. The van der Waals surface area contributed by atoms with Crippen molar-refractivity contribution in [3.63, 3.8) is 0 Å². The average molecular weight is 227 g/mol. The molecule has 2 rings (SSSR count). The molecule has 0 spiro atoms. The van der Waals surface area contributed by atoms with E-state index in [1.165, 1.54) is 7.05 Å². The molecule has 1 amide bonds. The highest BCUT2D eigenvalue weighted by molar-refractivity contribution is 5.99. The van der Waals surface area contributed by atoms with Crippen molar-refractivity contribution in [2.45, 2.75) is 5.92 Å². The van der Waals surface area contributed by atoms with Crippen LogP contribution in [0.1, 0.15) is 11.6 Å². The number of carbonyl (C=O) groups excluding carboxylic acids is 1. The molecular weight excluding hydrogens is 217 g/mol. The van der Waals surface area contributed by atoms with Crippen LogP contribution in [0.4, 0.5) is 4.39 Å². The molecule has 2 atom stereocenters. The number of halogens is 1. The van der Waals surface area contributed by atoms with Gasteiger partial charge in [-0.3, -0.25) is 9.59 Å². The Hall–Kier alpha value is -1.92. The molecule has 0 saturated carbocycles. The van der Waals surface area contributed by atoms with Crippen LogP contribution in [0, 0.1) is 11.9 Å². The Morgan fingerprint density at radius 2 is 2.44 bits per heavy atom. The number of carboxylic acid groups (broad SMARTS) is 1. The van der Waals surface area contributed by atoms with Gasteiger partial charge < -0.3 is 10.4 Å². The molecule has 1 saturated heterocycles. The molecule has 1 aliphatic rings. The molecule has 1 aromatic rings. The summed E-state index contributed by atoms with van der Waals surface area (Å²) in [7, 11) is 1.42. The van der Waals surface area contributed by atoms with Crippen LogP contribution < -0.4 is 5.32 Å². The molecule has 7 heteroatoms. The number of carbonyl (C=O) groups is 2. The zero-order valence-corrected chi connectivity index (χ0v) is 8.48. The fraction of sp³-hybridized carbons (Fsp3) is 0.444. The number of aryl methyl sites for hydroxylation is 1. The smallest absolute Gasteiger partial charge is 0.316 e. The van der Waals surface area contributed by atoms with Gasteiger partial charge in [0.1, 0.15) is 5.92 Å². The maximum atomic E-state index is 13.1. The van der Waals surface area contributed by atoms with Crippen molar-refractivity contribution in [3.05, 3.63) is 17.7 Å². The lowest BCUT2D eigenvalue weighted by Gasteiger charge is -2.09. The Labute approximate surface area is 90.1 Å². The van der Waals surface area contributed by atoms with Crippen molar-refractivity contribution in [1.82, 2.24) is 15.1 Å². The topological polar surface area (TPSA) is 84.2 Å². The first-order chi connectivity index (χ1) is 7.50. The van der Waals surface area contributed by atoms with Crippen LogP contribution in [-0.2, 0) is 16.6 Å². The summed E-state index contributed by atoms with van der Waals surface area (Å²) in [5.41, 5.74) is 0.283. The van der Waals surface area contributed by atoms with Crippen LogP contribution in [0.25, 0.3) is 0 Å². The molecule has 1 fully saturated rings. The third kappa shape index (κ3) is 1.54. The Morgan fingerprint density at radius 1 is 1.75 bits per heavy atom. The summed E-state index contributed by atoms with van der Waals surface area (Å²) in [6.45, 7) is 0.173. The maximum absolute atomic E-state index is 13.1. The van der Waals surface area contributed by atoms with Crippen molar-refractivity contribution < 1.29 is 19.1 Å². The Kier molecular flexibility index (Phi) is 2.37. The fourth-order valence-electron chi connectivity index (χ4n) is 1.83. The zero-order chi connectivity index (χ0) is 11.9. The van der Waals surface area contributed by atoms with Crippen LogP contribution in [0.3, 0.4) is 0 Å². The maximum Gasteiger partial charge on any atom is 0.316 e. The number of nitrogens with one attached hydrogen (secondary N) is 1. The highest BCUT2D eigenvalue weighted by Gasteiger charge is 2.42. The number of hydrogen-bond donors (Lipinski definition) is 2. The first-order valence-corrected chi connectivity index (χ1v) is 4.70. The van der Waals surface area contributed by atoms with Gasteiger partial charge in [0.2, 0.25) is 11.9 Å². The summed E-state index contributed by atoms with van der Waals surface area (Å²) in [6, 6.07) is 1.15. The molecule has 0 bridgehead atoms. The number of aromatic nitrogens is 2. The van der Waals surface area contributed by atoms with Gasteiger partial charge in [-0.15, -0.1) is 0 Å². The van der Waals surface area contributed by atoms with E-state index in [-0.39, 0.29) is 12.2 Å². The molecule has 86 valence electrons. The van der Waals surface area contributed by atoms with E-state index >= 15 is 0 Å². The van der Waals surface area contributed by atoms with Crippen molar-refractivity contribution in [1.29, 1.82) is 0 Å². The van der Waals surface area contributed by atoms with Crippen LogP contribution in [0.15, 0.2) is 6.07 Å². The van der Waals surface area contributed by atoms with Gasteiger partial charge in [-0.25, -0.2) is 4.68 Å². The largest absolute Gasteiger partial charge is 0.481 e. The summed E-state index contributed by atoms with van der Waals surface area (Å²) in [5.74, 6) is -4.12. The van der Waals surface area contributed by atoms with Gasteiger partial charge in [0, 0.05) is 25.6 Å². The molecule has 2 N–H and O–H groups in total. The first-order valence-electron chi connectivity index (χ1n) is 4.70. The summed E-state index contributed by atoms with van der Waals surface area (Å²) < 4.78 is 14.1. The van der Waals surface area contributed by atoms with Crippen LogP contribution in [-0.4, -0.2) is 33.3 Å². The van der Waals surface area contributed by atoms with Gasteiger partial charge in [0.25, 0.3) is 0 Å². The average Bonchev–Trinajstić information content (AvgIpc) is 2.71. The normalized spacial score (nSPS) is 24.5. The predicted octanol–water partition coefficient (Wildman–Crippen LogP) is -0.527. The van der Waals surface area contributed by atoms with Crippen molar-refractivity contribution >= 4 is 11.9 Å². The van der Waals surface area contributed by atoms with Gasteiger partial charge in [-0.05, 0) is 0 Å². The van der Waals surface area contributed by atoms with Crippen LogP contribution >= 0.6 is 0 Å². The Bertz CT molecular complexity index is 437. The molecule has 0 unspecified atom stereocenters. The van der Waals surface area contributed by atoms with Crippen molar-refractivity contribution in [3.8, 4) is 0 Å². The lowest BCUT2D eigenvalue weighted by atomic mass is 9.93. The molecule has 0 aliphatic carbocycles. The second kappa shape index (κ2) is 3.58. The Morgan fingerprint density at radius 3 is 2.94 bits per heavy atom. The number of hydrogen-bond acceptors (Lipinski definition) is 3. The van der Waals surface area contributed by atoms with E-state index < -0.39 is 29.7 Å². The SMILES string of the molecule is Cn1nc([C@H]2CNC(=O)[C@@H]2C(=O)O)cc1F. The fourth-order valence-corrected chi connectivity index (χ4v) is 1.83. The predicted molar refractivity (Wildman–Crippen MR) is 50.0 cm³/mol. The quantitative estimate of drug-likeness (QED) is 0.665. The third-order valence-electron chi connectivity index (χ3n) is 2.67. The van der Waals surface area contributed by atoms with Gasteiger partial charge >= 0.3 is 5.97 Å². The number of carboxylic acids is 1. The van der Waals surface area contributed by atoms with E-state index in [0.717, 1.165) is 10.7 Å². The Balaban J connectivity index is 2.33. The molecule has 6 nitrogen and oxygen atoms in total. The summed E-state index contributed by atoms with van der Waals surface area (Å²) in [5, 5.41) is 15.2. The highest BCUT2D eigenvalue weighted by Crippen LogP contribution is 2.28. The van der Waals surface area contributed by atoms with E-state index in [4.69, 9.17) is 5.11 Å². The zero-order valence-electron chi connectivity index (χ0n) is 8.48. The van der Waals surface area contributed by atoms with Gasteiger partial charge in [-0.2, -0.15) is 9.49 Å². The summed E-state index contributed by atoms with van der Waals surface area (Å²) in [4.78, 5) is 22.2. The molecule has 1 aromatic heterocycles. The number of rotatable bonds is 2. The number of amides is 1. The summed E-state index contributed by atoms with van der Waals surface area (Å²) in [6.07, 6.45) is 0. The summed E-state index contributed by atoms with van der Waals surface area (Å²) >= 11 is 0. The lowest BCUT2D eigenvalue weighted by Crippen LogP contribution is -2.26. The minimum absolute atomic E-state index is 0.173. The van der Waals surface area contributed by atoms with Crippen molar-refractivity contribution in [2.24, 2.45) is 13.0 Å². The van der Waals surface area contributed by atoms with E-state index in [9.17, 15) is 14.0 Å².